The first-order valence-corrected chi connectivity index (χ1v) is 6.96. The van der Waals surface area contributed by atoms with Crippen LogP contribution in [0, 0.1) is 0 Å². The zero-order valence-electron chi connectivity index (χ0n) is 10.1. The van der Waals surface area contributed by atoms with Gasteiger partial charge in [-0.3, -0.25) is 0 Å². The van der Waals surface area contributed by atoms with Crippen molar-refractivity contribution in [1.82, 2.24) is 9.44 Å². The maximum atomic E-state index is 11.5. The van der Waals surface area contributed by atoms with Crippen LogP contribution in [0.3, 0.4) is 0 Å². The molecule has 0 saturated heterocycles. The Morgan fingerprint density at radius 1 is 1.18 bits per heavy atom. The van der Waals surface area contributed by atoms with Gasteiger partial charge >= 0.3 is 0 Å². The van der Waals surface area contributed by atoms with Crippen molar-refractivity contribution in [3.8, 4) is 0 Å². The lowest BCUT2D eigenvalue weighted by Gasteiger charge is -2.10. The summed E-state index contributed by atoms with van der Waals surface area (Å²) >= 11 is 0. The average molecular weight is 257 g/mol. The Labute approximate surface area is 103 Å². The highest BCUT2D eigenvalue weighted by Crippen LogP contribution is 2.03. The zero-order chi connectivity index (χ0) is 12.9. The molecule has 0 aliphatic rings. The fraction of sp³-hybridized carbons (Fsp3) is 0.455. The van der Waals surface area contributed by atoms with Crippen LogP contribution >= 0.6 is 0 Å². The number of benzene rings is 1. The predicted octanol–water partition coefficient (Wildman–Crippen LogP) is 0.478. The van der Waals surface area contributed by atoms with Crippen molar-refractivity contribution in [2.24, 2.45) is 5.73 Å². The fourth-order valence-electron chi connectivity index (χ4n) is 1.32. The Morgan fingerprint density at radius 2 is 1.71 bits per heavy atom. The zero-order valence-corrected chi connectivity index (χ0v) is 10.9. The van der Waals surface area contributed by atoms with Crippen LogP contribution in [0.15, 0.2) is 24.3 Å². The molecule has 0 amide bonds. The number of nitrogens with one attached hydrogen (secondary N) is 2. The van der Waals surface area contributed by atoms with Gasteiger partial charge in [-0.2, -0.15) is 17.9 Å². The van der Waals surface area contributed by atoms with Crippen molar-refractivity contribution in [1.29, 1.82) is 0 Å². The van der Waals surface area contributed by atoms with E-state index in [4.69, 9.17) is 5.73 Å². The van der Waals surface area contributed by atoms with Crippen molar-refractivity contribution >= 4 is 10.2 Å². The molecule has 0 aliphatic heterocycles. The Morgan fingerprint density at radius 3 is 2.18 bits per heavy atom. The third-order valence-corrected chi connectivity index (χ3v) is 3.42. The number of rotatable bonds is 6. The van der Waals surface area contributed by atoms with Crippen LogP contribution in [0.2, 0.25) is 0 Å². The van der Waals surface area contributed by atoms with Gasteiger partial charge in [0.15, 0.2) is 0 Å². The Balaban J connectivity index is 2.55. The molecule has 96 valence electrons. The van der Waals surface area contributed by atoms with E-state index in [0.29, 0.717) is 6.54 Å². The van der Waals surface area contributed by atoms with E-state index in [2.05, 4.69) is 9.44 Å². The first-order chi connectivity index (χ1) is 7.93. The molecule has 17 heavy (non-hydrogen) atoms. The van der Waals surface area contributed by atoms with Gasteiger partial charge < -0.3 is 5.73 Å². The first kappa shape index (κ1) is 14.1. The lowest BCUT2D eigenvalue weighted by molar-refractivity contribution is 0.554. The molecule has 0 spiro atoms. The molecule has 0 atom stereocenters. The van der Waals surface area contributed by atoms with Crippen molar-refractivity contribution in [3.05, 3.63) is 35.4 Å². The van der Waals surface area contributed by atoms with E-state index in [9.17, 15) is 8.42 Å². The minimum Gasteiger partial charge on any atom is -0.326 e. The summed E-state index contributed by atoms with van der Waals surface area (Å²) in [5, 5.41) is 0. The fourth-order valence-corrected chi connectivity index (χ4v) is 2.38. The summed E-state index contributed by atoms with van der Waals surface area (Å²) in [5.74, 6) is 0. The summed E-state index contributed by atoms with van der Waals surface area (Å²) in [6.07, 6.45) is 0. The molecule has 6 heteroatoms. The lowest BCUT2D eigenvalue weighted by Crippen LogP contribution is -2.39. The van der Waals surface area contributed by atoms with E-state index in [1.54, 1.807) is 13.8 Å². The van der Waals surface area contributed by atoms with E-state index >= 15 is 0 Å². The summed E-state index contributed by atoms with van der Waals surface area (Å²) in [4.78, 5) is 0. The Kier molecular flexibility index (Phi) is 5.07. The second-order valence-electron chi connectivity index (χ2n) is 4.12. The van der Waals surface area contributed by atoms with Crippen molar-refractivity contribution < 1.29 is 8.42 Å². The molecule has 0 aromatic heterocycles. The molecular weight excluding hydrogens is 238 g/mol. The largest absolute Gasteiger partial charge is 0.326 e. The van der Waals surface area contributed by atoms with Crippen molar-refractivity contribution in [2.45, 2.75) is 33.0 Å². The average Bonchev–Trinajstić information content (AvgIpc) is 2.25. The Hall–Kier alpha value is -0.950. The molecule has 1 aromatic rings. The van der Waals surface area contributed by atoms with Gasteiger partial charge in [0.25, 0.3) is 10.2 Å². The molecule has 1 aromatic carbocycles. The summed E-state index contributed by atoms with van der Waals surface area (Å²) in [7, 11) is -3.42. The molecule has 0 bridgehead atoms. The van der Waals surface area contributed by atoms with Crippen LogP contribution in [0.5, 0.6) is 0 Å². The summed E-state index contributed by atoms with van der Waals surface area (Å²) < 4.78 is 27.9. The van der Waals surface area contributed by atoms with Crippen LogP contribution in [0.25, 0.3) is 0 Å². The maximum Gasteiger partial charge on any atom is 0.277 e. The van der Waals surface area contributed by atoms with E-state index in [1.165, 1.54) is 0 Å². The molecule has 0 radical (unpaired) electrons. The molecule has 0 saturated carbocycles. The highest BCUT2D eigenvalue weighted by molar-refractivity contribution is 7.87. The topological polar surface area (TPSA) is 84.2 Å². The summed E-state index contributed by atoms with van der Waals surface area (Å²) in [5.41, 5.74) is 7.40. The highest BCUT2D eigenvalue weighted by Gasteiger charge is 2.10. The molecule has 4 N–H and O–H groups in total. The SMILES string of the molecule is CC(C)NS(=O)(=O)NCc1ccc(CN)cc1. The molecular formula is C11H19N3O2S. The summed E-state index contributed by atoms with van der Waals surface area (Å²) in [6, 6.07) is 7.38. The van der Waals surface area contributed by atoms with Crippen LogP contribution in [-0.4, -0.2) is 14.5 Å². The van der Waals surface area contributed by atoms with Crippen molar-refractivity contribution in [3.63, 3.8) is 0 Å². The van der Waals surface area contributed by atoms with Crippen LogP contribution in [0.4, 0.5) is 0 Å². The van der Waals surface area contributed by atoms with Crippen LogP contribution < -0.4 is 15.2 Å². The number of nitrogens with two attached hydrogens (primary N) is 1. The predicted molar refractivity (Wildman–Crippen MR) is 68.4 cm³/mol. The summed E-state index contributed by atoms with van der Waals surface area (Å²) in [6.45, 7) is 4.30. The smallest absolute Gasteiger partial charge is 0.277 e. The number of hydrogen-bond acceptors (Lipinski definition) is 3. The quantitative estimate of drug-likeness (QED) is 0.693. The van der Waals surface area contributed by atoms with Gasteiger partial charge in [0.05, 0.1) is 0 Å². The second-order valence-corrected chi connectivity index (χ2v) is 5.65. The van der Waals surface area contributed by atoms with E-state index in [-0.39, 0.29) is 12.6 Å². The van der Waals surface area contributed by atoms with Gasteiger partial charge in [-0.25, -0.2) is 0 Å². The van der Waals surface area contributed by atoms with Gasteiger partial charge in [0.1, 0.15) is 0 Å². The molecule has 0 fully saturated rings. The van der Waals surface area contributed by atoms with Gasteiger partial charge in [-0.05, 0) is 25.0 Å². The van der Waals surface area contributed by atoms with Gasteiger partial charge in [0.2, 0.25) is 0 Å². The third-order valence-electron chi connectivity index (χ3n) is 2.12. The molecule has 1 rings (SSSR count). The minimum absolute atomic E-state index is 0.118. The third kappa shape index (κ3) is 5.27. The second kappa shape index (κ2) is 6.11. The van der Waals surface area contributed by atoms with Crippen molar-refractivity contribution in [2.75, 3.05) is 0 Å². The first-order valence-electron chi connectivity index (χ1n) is 5.48. The van der Waals surface area contributed by atoms with E-state index in [1.807, 2.05) is 24.3 Å². The maximum absolute atomic E-state index is 11.5. The standard InChI is InChI=1S/C11H19N3O2S/c1-9(2)14-17(15,16)13-8-11-5-3-10(7-12)4-6-11/h3-6,9,13-14H,7-8,12H2,1-2H3. The lowest BCUT2D eigenvalue weighted by atomic mass is 10.1. The number of hydrogen-bond donors (Lipinski definition) is 3. The molecule has 0 aliphatic carbocycles. The van der Waals surface area contributed by atoms with Gasteiger partial charge in [-0.15, -0.1) is 0 Å². The molecule has 0 unspecified atom stereocenters. The van der Waals surface area contributed by atoms with E-state index < -0.39 is 10.2 Å². The highest BCUT2D eigenvalue weighted by atomic mass is 32.2. The van der Waals surface area contributed by atoms with E-state index in [0.717, 1.165) is 11.1 Å². The molecule has 5 nitrogen and oxygen atoms in total. The monoisotopic (exact) mass is 257 g/mol. The van der Waals surface area contributed by atoms with Crippen LogP contribution in [0.1, 0.15) is 25.0 Å². The van der Waals surface area contributed by atoms with Crippen LogP contribution in [-0.2, 0) is 23.3 Å². The normalized spacial score (nSPS) is 12.0. The Bertz CT molecular complexity index is 440. The van der Waals surface area contributed by atoms with Gasteiger partial charge in [-0.1, -0.05) is 24.3 Å². The van der Waals surface area contributed by atoms with Gasteiger partial charge in [0, 0.05) is 19.1 Å². The molecule has 0 heterocycles. The minimum atomic E-state index is -3.42.